The molecule has 0 bridgehead atoms. The molecule has 6 N–H and O–H groups in total. The zero-order chi connectivity index (χ0) is 15.3. The summed E-state index contributed by atoms with van der Waals surface area (Å²) in [6.07, 6.45) is 11.4. The first-order valence-corrected chi connectivity index (χ1v) is 7.75. The van der Waals surface area contributed by atoms with Gasteiger partial charge in [0, 0.05) is 12.7 Å². The molecule has 1 radical (unpaired) electrons. The van der Waals surface area contributed by atoms with Gasteiger partial charge >= 0.3 is 0 Å². The van der Waals surface area contributed by atoms with Crippen molar-refractivity contribution >= 4 is 11.8 Å². The van der Waals surface area contributed by atoms with Crippen LogP contribution in [-0.4, -0.2) is 35.6 Å². The molecule has 7 heteroatoms. The van der Waals surface area contributed by atoms with Crippen molar-refractivity contribution in [2.24, 2.45) is 5.73 Å². The molecule has 0 amide bonds. The van der Waals surface area contributed by atoms with E-state index in [0.29, 0.717) is 5.82 Å². The lowest BCUT2D eigenvalue weighted by atomic mass is 10.2. The number of nitrogens with zero attached hydrogens (tertiary/aromatic N) is 2. The number of aromatic nitrogens is 2. The Balaban J connectivity index is 2.01. The van der Waals surface area contributed by atoms with Crippen molar-refractivity contribution in [3.05, 3.63) is 12.5 Å². The minimum atomic E-state index is -0.0758. The van der Waals surface area contributed by atoms with Crippen LogP contribution >= 0.6 is 0 Å². The molecule has 0 aromatic carbocycles. The van der Waals surface area contributed by atoms with Crippen LogP contribution in [0, 0.1) is 11.7 Å². The number of hydrazine groups is 1. The van der Waals surface area contributed by atoms with E-state index in [1.807, 2.05) is 0 Å². The molecule has 1 aromatic heterocycles. The maximum absolute atomic E-state index is 7.52. The van der Waals surface area contributed by atoms with Gasteiger partial charge in [0.2, 0.25) is 5.96 Å². The Bertz CT molecular complexity index is 363. The van der Waals surface area contributed by atoms with Crippen LogP contribution in [0.1, 0.15) is 45.4 Å². The van der Waals surface area contributed by atoms with Crippen molar-refractivity contribution < 1.29 is 0 Å². The highest BCUT2D eigenvalue weighted by Crippen LogP contribution is 2.04. The number of unbranched alkanes of at least 4 members (excludes halogenated alkanes) is 4. The fraction of sp³-hybridized carbons (Fsp3) is 0.714. The molecule has 119 valence electrons. The molecule has 0 aliphatic carbocycles. The van der Waals surface area contributed by atoms with Crippen LogP contribution < -0.4 is 21.5 Å². The van der Waals surface area contributed by atoms with Gasteiger partial charge in [-0.1, -0.05) is 26.2 Å². The summed E-state index contributed by atoms with van der Waals surface area (Å²) >= 11 is 0. The number of hydrogen-bond acceptors (Lipinski definition) is 4. The van der Waals surface area contributed by atoms with E-state index in [-0.39, 0.29) is 5.96 Å². The Morgan fingerprint density at radius 1 is 1.29 bits per heavy atom. The number of nitrogens with one attached hydrogen (secondary N) is 4. The third-order valence-corrected chi connectivity index (χ3v) is 3.16. The van der Waals surface area contributed by atoms with E-state index >= 15 is 0 Å². The van der Waals surface area contributed by atoms with E-state index in [2.05, 4.69) is 34.0 Å². The molecule has 0 spiro atoms. The molecule has 0 saturated carbocycles. The first-order chi connectivity index (χ1) is 10.3. The van der Waals surface area contributed by atoms with Crippen molar-refractivity contribution in [3.8, 4) is 0 Å². The minimum Gasteiger partial charge on any atom is -0.369 e. The quantitative estimate of drug-likeness (QED) is 0.173. The van der Waals surface area contributed by atoms with Crippen molar-refractivity contribution in [3.63, 3.8) is 0 Å². The largest absolute Gasteiger partial charge is 0.369 e. The number of anilines is 1. The molecule has 7 nitrogen and oxygen atoms in total. The lowest BCUT2D eigenvalue weighted by Crippen LogP contribution is -2.47. The molecule has 0 aliphatic rings. The zero-order valence-corrected chi connectivity index (χ0v) is 12.9. The molecular formula is C14H28N7. The fourth-order valence-corrected chi connectivity index (χ4v) is 1.99. The van der Waals surface area contributed by atoms with Crippen molar-refractivity contribution in [1.29, 1.82) is 5.41 Å². The summed E-state index contributed by atoms with van der Waals surface area (Å²) in [5.74, 6) is 0.480. The topological polar surface area (TPSA) is 106 Å². The average molecular weight is 294 g/mol. The molecule has 0 atom stereocenters. The van der Waals surface area contributed by atoms with Gasteiger partial charge in [-0.2, -0.15) is 0 Å². The lowest BCUT2D eigenvalue weighted by molar-refractivity contribution is 0.560. The second-order valence-corrected chi connectivity index (χ2v) is 5.02. The van der Waals surface area contributed by atoms with Gasteiger partial charge in [-0.3, -0.25) is 5.41 Å². The van der Waals surface area contributed by atoms with Gasteiger partial charge in [0.15, 0.2) is 12.1 Å². The van der Waals surface area contributed by atoms with Crippen LogP contribution in [0.3, 0.4) is 0 Å². The molecule has 0 saturated heterocycles. The second kappa shape index (κ2) is 11.1. The number of aromatic amines is 1. The van der Waals surface area contributed by atoms with Gasteiger partial charge in [0.1, 0.15) is 0 Å². The van der Waals surface area contributed by atoms with Crippen LogP contribution in [0.5, 0.6) is 0 Å². The molecule has 0 fully saturated rings. The number of nitrogens with two attached hydrogens (primary N) is 1. The summed E-state index contributed by atoms with van der Waals surface area (Å²) in [4.78, 5) is 6.68. The number of hydrogen-bond donors (Lipinski definition) is 5. The lowest BCUT2D eigenvalue weighted by Gasteiger charge is -2.20. The van der Waals surface area contributed by atoms with Gasteiger partial charge in [-0.25, -0.2) is 15.4 Å². The van der Waals surface area contributed by atoms with E-state index in [0.717, 1.165) is 32.5 Å². The van der Waals surface area contributed by atoms with Gasteiger partial charge in [-0.15, -0.1) is 0 Å². The van der Waals surface area contributed by atoms with E-state index in [1.165, 1.54) is 30.7 Å². The summed E-state index contributed by atoms with van der Waals surface area (Å²) in [6, 6.07) is 0. The fourth-order valence-electron chi connectivity index (χ4n) is 1.99. The Morgan fingerprint density at radius 3 is 2.62 bits per heavy atom. The van der Waals surface area contributed by atoms with E-state index < -0.39 is 0 Å². The van der Waals surface area contributed by atoms with Gasteiger partial charge < -0.3 is 16.0 Å². The normalized spacial score (nSPS) is 10.7. The Labute approximate surface area is 127 Å². The standard InChI is InChI=1S/C14H28N7/c1-2-3-5-8-17-9-6-4-7-10-20-21(14(15)16)13-11-18-12-19-13/h11,17,20H,2-10H2,1H3,(H3,15,16)(H,18,19). The monoisotopic (exact) mass is 294 g/mol. The smallest absolute Gasteiger partial charge is 0.209 e. The zero-order valence-electron chi connectivity index (χ0n) is 12.9. The maximum Gasteiger partial charge on any atom is 0.209 e. The third kappa shape index (κ3) is 7.67. The Morgan fingerprint density at radius 2 is 2.00 bits per heavy atom. The Kier molecular flexibility index (Phi) is 9.23. The number of imidazole rings is 1. The number of H-pyrrole nitrogens is 1. The van der Waals surface area contributed by atoms with Crippen LogP contribution in [0.25, 0.3) is 0 Å². The first-order valence-electron chi connectivity index (χ1n) is 7.75. The summed E-state index contributed by atoms with van der Waals surface area (Å²) in [5, 5.41) is 12.4. The maximum atomic E-state index is 7.52. The SMILES string of the molecule is CCCCCNCCCCCNN(C(=N)N)c1c[nH][c]n1. The van der Waals surface area contributed by atoms with Crippen molar-refractivity contribution in [2.45, 2.75) is 45.4 Å². The van der Waals surface area contributed by atoms with Crippen LogP contribution in [0.2, 0.25) is 0 Å². The van der Waals surface area contributed by atoms with Crippen molar-refractivity contribution in [1.82, 2.24) is 20.7 Å². The minimum absolute atomic E-state index is 0.0758. The highest BCUT2D eigenvalue weighted by Gasteiger charge is 2.10. The summed E-state index contributed by atoms with van der Waals surface area (Å²) in [5.41, 5.74) is 8.62. The molecule has 0 aliphatic heterocycles. The van der Waals surface area contributed by atoms with Crippen LogP contribution in [0.15, 0.2) is 6.20 Å². The van der Waals surface area contributed by atoms with Gasteiger partial charge in [0.05, 0.1) is 0 Å². The predicted molar refractivity (Wildman–Crippen MR) is 86.1 cm³/mol. The van der Waals surface area contributed by atoms with E-state index in [4.69, 9.17) is 11.1 Å². The summed E-state index contributed by atoms with van der Waals surface area (Å²) in [6.45, 7) is 5.19. The van der Waals surface area contributed by atoms with Gasteiger partial charge in [-0.05, 0) is 32.4 Å². The molecule has 0 unspecified atom stereocenters. The summed E-state index contributed by atoms with van der Waals surface area (Å²) in [7, 11) is 0. The van der Waals surface area contributed by atoms with Gasteiger partial charge in [0.25, 0.3) is 0 Å². The molecule has 1 aromatic rings. The molecular weight excluding hydrogens is 266 g/mol. The predicted octanol–water partition coefficient (Wildman–Crippen LogP) is 1.36. The Hall–Kier alpha value is -1.60. The highest BCUT2D eigenvalue weighted by molar-refractivity contribution is 5.90. The van der Waals surface area contributed by atoms with E-state index in [9.17, 15) is 0 Å². The van der Waals surface area contributed by atoms with Crippen LogP contribution in [0.4, 0.5) is 5.82 Å². The number of rotatable bonds is 12. The van der Waals surface area contributed by atoms with Crippen molar-refractivity contribution in [2.75, 3.05) is 24.6 Å². The molecule has 1 rings (SSSR count). The van der Waals surface area contributed by atoms with Crippen LogP contribution in [-0.2, 0) is 0 Å². The molecule has 21 heavy (non-hydrogen) atoms. The third-order valence-electron chi connectivity index (χ3n) is 3.16. The first kappa shape index (κ1) is 17.5. The molecule has 1 heterocycles. The average Bonchev–Trinajstić information content (AvgIpc) is 2.98. The summed E-state index contributed by atoms with van der Waals surface area (Å²) < 4.78 is 0. The second-order valence-electron chi connectivity index (χ2n) is 5.02. The highest BCUT2D eigenvalue weighted by atomic mass is 15.6. The number of guanidine groups is 1. The van der Waals surface area contributed by atoms with E-state index in [1.54, 1.807) is 6.20 Å².